The summed E-state index contributed by atoms with van der Waals surface area (Å²) in [6.07, 6.45) is 1.54. The first-order valence-corrected chi connectivity index (χ1v) is 3.84. The number of unbranched alkanes of at least 4 members (excludes halogenated alkanes) is 1. The number of nitrogens with zero attached hydrogens (tertiary/aromatic N) is 1. The van der Waals surface area contributed by atoms with Gasteiger partial charge in [-0.3, -0.25) is 0 Å². The van der Waals surface area contributed by atoms with E-state index in [0.717, 1.165) is 12.8 Å². The smallest absolute Gasteiger partial charge is 0.333 e. The Morgan fingerprint density at radius 3 is 2.75 bits per heavy atom. The quantitative estimate of drug-likeness (QED) is 0.270. The van der Waals surface area contributed by atoms with Gasteiger partial charge in [0, 0.05) is 12.0 Å². The predicted octanol–water partition coefficient (Wildman–Crippen LogP) is 1.81. The summed E-state index contributed by atoms with van der Waals surface area (Å²) in [4.78, 5) is 14.0. The summed E-state index contributed by atoms with van der Waals surface area (Å²) in [5, 5.41) is 0. The van der Waals surface area contributed by atoms with Gasteiger partial charge in [-0.05, 0) is 13.3 Å². The maximum absolute atomic E-state index is 10.8. The Morgan fingerprint density at radius 1 is 1.58 bits per heavy atom. The number of hydrogen-bond acceptors (Lipinski definition) is 2. The normalized spacial score (nSPS) is 8.67. The van der Waals surface area contributed by atoms with E-state index in [1.54, 1.807) is 6.92 Å². The lowest BCUT2D eigenvalue weighted by Crippen LogP contribution is -2.06. The second-order valence-electron chi connectivity index (χ2n) is 2.51. The predicted molar refractivity (Wildman–Crippen MR) is 46.5 cm³/mol. The maximum atomic E-state index is 10.8. The summed E-state index contributed by atoms with van der Waals surface area (Å²) in [5.41, 5.74) is 0.417. The molecule has 0 unspecified atom stereocenters. The molecule has 66 valence electrons. The van der Waals surface area contributed by atoms with Crippen molar-refractivity contribution in [3.8, 4) is 0 Å². The maximum Gasteiger partial charge on any atom is 0.333 e. The Kier molecular flexibility index (Phi) is 5.72. The van der Waals surface area contributed by atoms with Gasteiger partial charge in [-0.25, -0.2) is 11.4 Å². The van der Waals surface area contributed by atoms with Gasteiger partial charge < -0.3 is 9.58 Å². The van der Waals surface area contributed by atoms with Crippen molar-refractivity contribution in [2.24, 2.45) is 0 Å². The highest BCUT2D eigenvalue weighted by atomic mass is 16.5. The molecule has 3 heteroatoms. The molecule has 0 aliphatic heterocycles. The van der Waals surface area contributed by atoms with Gasteiger partial charge in [0.1, 0.15) is 0 Å². The molecule has 0 saturated carbocycles. The van der Waals surface area contributed by atoms with Gasteiger partial charge in [-0.15, -0.1) is 0 Å². The van der Waals surface area contributed by atoms with E-state index in [9.17, 15) is 4.79 Å². The molecule has 0 aromatic rings. The molecule has 0 bridgehead atoms. The van der Waals surface area contributed by atoms with Crippen LogP contribution in [0.3, 0.4) is 0 Å². The standard InChI is InChI=1S/C9H13NO2/c1-8(2)9(11)12-7-5-4-6-10-3/h1,4-7H2,2H3. The molecule has 0 heterocycles. The van der Waals surface area contributed by atoms with E-state index in [4.69, 9.17) is 11.3 Å². The lowest BCUT2D eigenvalue weighted by Gasteiger charge is -2.01. The van der Waals surface area contributed by atoms with Gasteiger partial charge in [0.15, 0.2) is 0 Å². The number of carbonyl (C=O) groups excluding carboxylic acids is 1. The largest absolute Gasteiger partial charge is 0.462 e. The van der Waals surface area contributed by atoms with Crippen LogP contribution in [0, 0.1) is 6.57 Å². The van der Waals surface area contributed by atoms with E-state index in [-0.39, 0.29) is 5.97 Å². The lowest BCUT2D eigenvalue weighted by atomic mass is 10.3. The molecule has 0 spiro atoms. The van der Waals surface area contributed by atoms with Gasteiger partial charge >= 0.3 is 5.97 Å². The average molecular weight is 167 g/mol. The highest BCUT2D eigenvalue weighted by Crippen LogP contribution is 1.95. The highest BCUT2D eigenvalue weighted by Gasteiger charge is 2.01. The van der Waals surface area contributed by atoms with Gasteiger partial charge in [-0.1, -0.05) is 6.58 Å². The Labute approximate surface area is 72.8 Å². The minimum Gasteiger partial charge on any atom is -0.462 e. The van der Waals surface area contributed by atoms with Crippen LogP contribution in [-0.4, -0.2) is 19.1 Å². The van der Waals surface area contributed by atoms with Crippen LogP contribution in [0.2, 0.25) is 0 Å². The zero-order valence-electron chi connectivity index (χ0n) is 7.30. The van der Waals surface area contributed by atoms with Crippen molar-refractivity contribution in [3.05, 3.63) is 23.6 Å². The fraction of sp³-hybridized carbons (Fsp3) is 0.556. The van der Waals surface area contributed by atoms with Crippen molar-refractivity contribution < 1.29 is 9.53 Å². The van der Waals surface area contributed by atoms with Crippen molar-refractivity contribution in [2.45, 2.75) is 19.8 Å². The van der Waals surface area contributed by atoms with Crippen molar-refractivity contribution in [2.75, 3.05) is 13.2 Å². The van der Waals surface area contributed by atoms with Crippen LogP contribution in [0.15, 0.2) is 12.2 Å². The van der Waals surface area contributed by atoms with Crippen molar-refractivity contribution in [1.82, 2.24) is 0 Å². The SMILES string of the molecule is [C-]#[N+]CCCCOC(=O)C(=C)C. The summed E-state index contributed by atoms with van der Waals surface area (Å²) >= 11 is 0. The molecular weight excluding hydrogens is 154 g/mol. The summed E-state index contributed by atoms with van der Waals surface area (Å²) in [7, 11) is 0. The zero-order valence-corrected chi connectivity index (χ0v) is 7.30. The minimum absolute atomic E-state index is 0.349. The average Bonchev–Trinajstić information content (AvgIpc) is 2.03. The molecule has 0 rings (SSSR count). The molecule has 0 saturated heterocycles. The van der Waals surface area contributed by atoms with Crippen molar-refractivity contribution in [1.29, 1.82) is 0 Å². The monoisotopic (exact) mass is 167 g/mol. The fourth-order valence-corrected chi connectivity index (χ4v) is 0.581. The van der Waals surface area contributed by atoms with Crippen LogP contribution in [0.1, 0.15) is 19.8 Å². The van der Waals surface area contributed by atoms with Crippen LogP contribution in [0.4, 0.5) is 0 Å². The molecule has 0 aliphatic carbocycles. The van der Waals surface area contributed by atoms with Crippen LogP contribution < -0.4 is 0 Å². The summed E-state index contributed by atoms with van der Waals surface area (Å²) in [6.45, 7) is 12.4. The fourth-order valence-electron chi connectivity index (χ4n) is 0.581. The van der Waals surface area contributed by atoms with E-state index in [2.05, 4.69) is 11.4 Å². The second kappa shape index (κ2) is 6.41. The third-order valence-corrected chi connectivity index (χ3v) is 1.25. The summed E-state index contributed by atoms with van der Waals surface area (Å²) in [5.74, 6) is -0.349. The number of esters is 1. The molecule has 0 aromatic carbocycles. The van der Waals surface area contributed by atoms with Crippen LogP contribution in [0.25, 0.3) is 4.85 Å². The summed E-state index contributed by atoms with van der Waals surface area (Å²) in [6, 6.07) is 0. The third-order valence-electron chi connectivity index (χ3n) is 1.25. The van der Waals surface area contributed by atoms with Gasteiger partial charge in [0.25, 0.3) is 0 Å². The van der Waals surface area contributed by atoms with Gasteiger partial charge in [-0.2, -0.15) is 0 Å². The van der Waals surface area contributed by atoms with Crippen LogP contribution in [-0.2, 0) is 9.53 Å². The molecule has 0 aromatic heterocycles. The highest BCUT2D eigenvalue weighted by molar-refractivity contribution is 5.86. The Bertz CT molecular complexity index is 203. The van der Waals surface area contributed by atoms with Crippen LogP contribution >= 0.6 is 0 Å². The summed E-state index contributed by atoms with van der Waals surface area (Å²) < 4.78 is 4.81. The number of hydrogen-bond donors (Lipinski definition) is 0. The Hall–Kier alpha value is -1.30. The number of ether oxygens (including phenoxy) is 1. The minimum atomic E-state index is -0.349. The Balaban J connectivity index is 3.27. The molecule has 0 fully saturated rings. The molecule has 12 heavy (non-hydrogen) atoms. The first kappa shape index (κ1) is 10.7. The first-order valence-electron chi connectivity index (χ1n) is 3.84. The van der Waals surface area contributed by atoms with Crippen molar-refractivity contribution >= 4 is 5.97 Å². The van der Waals surface area contributed by atoms with E-state index in [0.29, 0.717) is 18.7 Å². The first-order chi connectivity index (χ1) is 5.68. The molecule has 0 aliphatic rings. The van der Waals surface area contributed by atoms with E-state index >= 15 is 0 Å². The molecule has 0 radical (unpaired) electrons. The number of rotatable bonds is 5. The topological polar surface area (TPSA) is 30.7 Å². The molecule has 0 amide bonds. The van der Waals surface area contributed by atoms with E-state index < -0.39 is 0 Å². The third kappa shape index (κ3) is 5.48. The molecular formula is C9H13NO2. The second-order valence-corrected chi connectivity index (χ2v) is 2.51. The zero-order chi connectivity index (χ0) is 9.40. The van der Waals surface area contributed by atoms with Crippen molar-refractivity contribution in [3.63, 3.8) is 0 Å². The van der Waals surface area contributed by atoms with E-state index in [1.165, 1.54) is 0 Å². The van der Waals surface area contributed by atoms with Crippen LogP contribution in [0.5, 0.6) is 0 Å². The molecule has 3 nitrogen and oxygen atoms in total. The molecule has 0 N–H and O–H groups in total. The van der Waals surface area contributed by atoms with Gasteiger partial charge in [0.2, 0.25) is 6.54 Å². The lowest BCUT2D eigenvalue weighted by molar-refractivity contribution is -0.139. The van der Waals surface area contributed by atoms with E-state index in [1.807, 2.05) is 0 Å². The Morgan fingerprint density at radius 2 is 2.25 bits per heavy atom. The van der Waals surface area contributed by atoms with Gasteiger partial charge in [0.05, 0.1) is 6.61 Å². The number of carbonyl (C=O) groups is 1. The molecule has 0 atom stereocenters.